The fourth-order valence-corrected chi connectivity index (χ4v) is 3.38. The summed E-state index contributed by atoms with van der Waals surface area (Å²) in [5.74, 6) is -5.57. The molecule has 1 atom stereocenters. The van der Waals surface area contributed by atoms with Crippen molar-refractivity contribution in [3.63, 3.8) is 0 Å². The van der Waals surface area contributed by atoms with Crippen molar-refractivity contribution < 1.29 is 31.1 Å². The first-order valence-corrected chi connectivity index (χ1v) is 8.35. The van der Waals surface area contributed by atoms with E-state index in [9.17, 15) is 26.4 Å². The van der Waals surface area contributed by atoms with Crippen molar-refractivity contribution in [1.82, 2.24) is 4.72 Å². The van der Waals surface area contributed by atoms with Crippen LogP contribution in [0.5, 0.6) is 0 Å². The minimum atomic E-state index is -3.76. The molecule has 1 amide bonds. The molecule has 0 saturated carbocycles. The smallest absolute Gasteiger partial charge is 0.239 e. The normalized spacial score (nSPS) is 18.7. The topological polar surface area (TPSA) is 84.5 Å². The minimum Gasteiger partial charge on any atom is -0.380 e. The molecule has 0 aliphatic carbocycles. The summed E-state index contributed by atoms with van der Waals surface area (Å²) in [7, 11) is -3.76. The molecule has 0 radical (unpaired) electrons. The van der Waals surface area contributed by atoms with Gasteiger partial charge in [-0.25, -0.2) is 26.3 Å². The number of ether oxygens (including phenoxy) is 1. The third-order valence-electron chi connectivity index (χ3n) is 3.30. The standard InChI is InChI=1S/C13H15F3N2O4S/c14-9-3-4-10(13(16)12(9)15)18-11(19)6-17-23(20,21)8-2-1-5-22-7-8/h3-4,8,17H,1-2,5-7H2,(H,18,19). The number of hydrogen-bond donors (Lipinski definition) is 2. The number of carbonyl (C=O) groups excluding carboxylic acids is 1. The van der Waals surface area contributed by atoms with Crippen molar-refractivity contribution in [2.24, 2.45) is 0 Å². The molecule has 1 heterocycles. The Morgan fingerprint density at radius 1 is 1.26 bits per heavy atom. The van der Waals surface area contributed by atoms with Gasteiger partial charge in [0.15, 0.2) is 17.5 Å². The Balaban J connectivity index is 1.94. The summed E-state index contributed by atoms with van der Waals surface area (Å²) in [6, 6.07) is 1.49. The third-order valence-corrected chi connectivity index (χ3v) is 5.10. The average Bonchev–Trinajstić information content (AvgIpc) is 2.54. The van der Waals surface area contributed by atoms with Crippen LogP contribution in [0.3, 0.4) is 0 Å². The Hall–Kier alpha value is -1.65. The van der Waals surface area contributed by atoms with Crippen LogP contribution < -0.4 is 10.0 Å². The Labute approximate surface area is 131 Å². The number of anilines is 1. The van der Waals surface area contributed by atoms with E-state index in [0.717, 1.165) is 6.07 Å². The van der Waals surface area contributed by atoms with Crippen LogP contribution in [0.15, 0.2) is 12.1 Å². The van der Waals surface area contributed by atoms with Crippen LogP contribution in [0.2, 0.25) is 0 Å². The van der Waals surface area contributed by atoms with E-state index in [0.29, 0.717) is 25.5 Å². The van der Waals surface area contributed by atoms with Crippen LogP contribution >= 0.6 is 0 Å². The van der Waals surface area contributed by atoms with Crippen LogP contribution in [-0.4, -0.2) is 39.3 Å². The predicted molar refractivity (Wildman–Crippen MR) is 75.7 cm³/mol. The van der Waals surface area contributed by atoms with Gasteiger partial charge < -0.3 is 10.1 Å². The number of rotatable bonds is 5. The molecule has 0 aromatic heterocycles. The number of sulfonamides is 1. The fourth-order valence-electron chi connectivity index (χ4n) is 2.06. The molecule has 1 aromatic carbocycles. The number of benzene rings is 1. The van der Waals surface area contributed by atoms with Gasteiger partial charge in [0.1, 0.15) is 0 Å². The van der Waals surface area contributed by atoms with Gasteiger partial charge in [0.2, 0.25) is 15.9 Å². The van der Waals surface area contributed by atoms with Crippen LogP contribution in [0.25, 0.3) is 0 Å². The molecule has 1 aliphatic rings. The van der Waals surface area contributed by atoms with E-state index in [4.69, 9.17) is 4.74 Å². The minimum absolute atomic E-state index is 0.0365. The molecule has 1 aliphatic heterocycles. The van der Waals surface area contributed by atoms with Crippen LogP contribution in [0.1, 0.15) is 12.8 Å². The van der Waals surface area contributed by atoms with Gasteiger partial charge in [0.25, 0.3) is 0 Å². The highest BCUT2D eigenvalue weighted by Gasteiger charge is 2.28. The maximum atomic E-state index is 13.4. The molecule has 23 heavy (non-hydrogen) atoms. The zero-order chi connectivity index (χ0) is 17.0. The molecule has 6 nitrogen and oxygen atoms in total. The lowest BCUT2D eigenvalue weighted by molar-refractivity contribution is -0.115. The third kappa shape index (κ3) is 4.43. The lowest BCUT2D eigenvalue weighted by Gasteiger charge is -2.22. The first-order chi connectivity index (χ1) is 10.8. The van der Waals surface area contributed by atoms with Gasteiger partial charge >= 0.3 is 0 Å². The van der Waals surface area contributed by atoms with Gasteiger partial charge in [-0.05, 0) is 25.0 Å². The highest BCUT2D eigenvalue weighted by Crippen LogP contribution is 2.19. The Morgan fingerprint density at radius 2 is 2.00 bits per heavy atom. The highest BCUT2D eigenvalue weighted by atomic mass is 32.2. The van der Waals surface area contributed by atoms with E-state index < -0.39 is 50.9 Å². The number of nitrogens with one attached hydrogen (secondary N) is 2. The van der Waals surface area contributed by atoms with E-state index >= 15 is 0 Å². The summed E-state index contributed by atoms with van der Waals surface area (Å²) in [5.41, 5.74) is -0.575. The second-order valence-electron chi connectivity index (χ2n) is 4.98. The van der Waals surface area contributed by atoms with Crippen molar-refractivity contribution in [2.75, 3.05) is 25.1 Å². The zero-order valence-corrected chi connectivity index (χ0v) is 12.8. The first kappa shape index (κ1) is 17.7. The number of carbonyl (C=O) groups is 1. The van der Waals surface area contributed by atoms with Gasteiger partial charge in [0, 0.05) is 6.61 Å². The molecule has 128 valence electrons. The average molecular weight is 352 g/mol. The number of halogens is 3. The Bertz CT molecular complexity index is 691. The Morgan fingerprint density at radius 3 is 2.65 bits per heavy atom. The molecule has 0 spiro atoms. The summed E-state index contributed by atoms with van der Waals surface area (Å²) in [4.78, 5) is 11.6. The lowest BCUT2D eigenvalue weighted by Crippen LogP contribution is -2.42. The molecular weight excluding hydrogens is 337 g/mol. The van der Waals surface area contributed by atoms with Crippen molar-refractivity contribution in [2.45, 2.75) is 18.1 Å². The van der Waals surface area contributed by atoms with E-state index in [2.05, 4.69) is 4.72 Å². The molecule has 2 N–H and O–H groups in total. The molecule has 2 rings (SSSR count). The van der Waals surface area contributed by atoms with E-state index in [1.54, 1.807) is 0 Å². The van der Waals surface area contributed by atoms with Crippen molar-refractivity contribution >= 4 is 21.6 Å². The summed E-state index contributed by atoms with van der Waals surface area (Å²) >= 11 is 0. The Kier molecular flexibility index (Phi) is 5.60. The number of hydrogen-bond acceptors (Lipinski definition) is 4. The summed E-state index contributed by atoms with van der Waals surface area (Å²) in [6.45, 7) is -0.131. The van der Waals surface area contributed by atoms with Crippen molar-refractivity contribution in [1.29, 1.82) is 0 Å². The second-order valence-corrected chi connectivity index (χ2v) is 7.02. The lowest BCUT2D eigenvalue weighted by atomic mass is 10.2. The van der Waals surface area contributed by atoms with Gasteiger partial charge in [-0.1, -0.05) is 0 Å². The molecule has 1 unspecified atom stereocenters. The van der Waals surface area contributed by atoms with Crippen molar-refractivity contribution in [3.8, 4) is 0 Å². The van der Waals surface area contributed by atoms with E-state index in [-0.39, 0.29) is 6.61 Å². The maximum absolute atomic E-state index is 13.4. The van der Waals surface area contributed by atoms with Crippen LogP contribution in [0, 0.1) is 17.5 Å². The molecule has 1 saturated heterocycles. The molecule has 10 heteroatoms. The van der Waals surface area contributed by atoms with Crippen molar-refractivity contribution in [3.05, 3.63) is 29.6 Å². The predicted octanol–water partition coefficient (Wildman–Crippen LogP) is 1.14. The molecule has 1 fully saturated rings. The van der Waals surface area contributed by atoms with Gasteiger partial charge in [0.05, 0.1) is 24.1 Å². The summed E-state index contributed by atoms with van der Waals surface area (Å²) < 4.78 is 70.3. The quantitative estimate of drug-likeness (QED) is 0.779. The van der Waals surface area contributed by atoms with Crippen LogP contribution in [-0.2, 0) is 19.6 Å². The molecule has 1 aromatic rings. The number of amides is 1. The fraction of sp³-hybridized carbons (Fsp3) is 0.462. The summed E-state index contributed by atoms with van der Waals surface area (Å²) in [5, 5.41) is 1.21. The SMILES string of the molecule is O=C(CNS(=O)(=O)C1CCCOC1)Nc1ccc(F)c(F)c1F. The van der Waals surface area contributed by atoms with Gasteiger partial charge in [-0.15, -0.1) is 0 Å². The summed E-state index contributed by atoms with van der Waals surface area (Å²) in [6.07, 6.45) is 1.01. The zero-order valence-electron chi connectivity index (χ0n) is 11.9. The highest BCUT2D eigenvalue weighted by molar-refractivity contribution is 7.90. The van der Waals surface area contributed by atoms with E-state index in [1.165, 1.54) is 0 Å². The van der Waals surface area contributed by atoms with E-state index in [1.807, 2.05) is 5.32 Å². The largest absolute Gasteiger partial charge is 0.380 e. The molecule has 0 bridgehead atoms. The second kappa shape index (κ2) is 7.28. The van der Waals surface area contributed by atoms with Gasteiger partial charge in [-0.3, -0.25) is 4.79 Å². The monoisotopic (exact) mass is 352 g/mol. The van der Waals surface area contributed by atoms with Gasteiger partial charge in [-0.2, -0.15) is 0 Å². The molecular formula is C13H15F3N2O4S. The maximum Gasteiger partial charge on any atom is 0.239 e. The van der Waals surface area contributed by atoms with Crippen LogP contribution in [0.4, 0.5) is 18.9 Å². The first-order valence-electron chi connectivity index (χ1n) is 6.81.